The Bertz CT molecular complexity index is 659. The molecule has 7 nitrogen and oxygen atoms in total. The number of likely N-dealkylation sites (tertiary alicyclic amines) is 1. The molecule has 134 valence electrons. The van der Waals surface area contributed by atoms with Gasteiger partial charge < -0.3 is 14.4 Å². The number of benzene rings is 1. The molecule has 3 amide bonds. The average Bonchev–Trinajstić information content (AvgIpc) is 3.21. The number of carbonyl (C=O) groups is 3. The molecule has 2 fully saturated rings. The Morgan fingerprint density at radius 2 is 2.12 bits per heavy atom. The Balaban J connectivity index is 1.55. The van der Waals surface area contributed by atoms with Gasteiger partial charge in [-0.3, -0.25) is 9.59 Å². The van der Waals surface area contributed by atoms with Crippen LogP contribution in [-0.4, -0.2) is 60.1 Å². The molecule has 2 aliphatic rings. The van der Waals surface area contributed by atoms with E-state index in [4.69, 9.17) is 9.47 Å². The summed E-state index contributed by atoms with van der Waals surface area (Å²) in [5.41, 5.74) is 1.01. The van der Waals surface area contributed by atoms with Crippen LogP contribution in [0, 0.1) is 0 Å². The SMILES string of the molecule is CCOc1ccccc1CCC(=O)N1CC[C@H](N2C(=O)COC2=O)C1. The molecular weight excluding hydrogens is 324 g/mol. The summed E-state index contributed by atoms with van der Waals surface area (Å²) in [5.74, 6) is 0.506. The highest BCUT2D eigenvalue weighted by atomic mass is 16.6. The van der Waals surface area contributed by atoms with Crippen molar-refractivity contribution in [2.75, 3.05) is 26.3 Å². The first-order valence-electron chi connectivity index (χ1n) is 8.57. The lowest BCUT2D eigenvalue weighted by Gasteiger charge is -2.20. The predicted octanol–water partition coefficient (Wildman–Crippen LogP) is 1.60. The highest BCUT2D eigenvalue weighted by Gasteiger charge is 2.41. The van der Waals surface area contributed by atoms with Crippen LogP contribution in [0.4, 0.5) is 4.79 Å². The standard InChI is InChI=1S/C18H22N2O5/c1-2-24-15-6-4-3-5-13(15)7-8-16(21)19-10-9-14(11-19)20-17(22)12-25-18(20)23/h3-6,14H,2,7-12H2,1H3/t14-/m0/s1. The first-order chi connectivity index (χ1) is 12.1. The van der Waals surface area contributed by atoms with E-state index in [2.05, 4.69) is 0 Å². The van der Waals surface area contributed by atoms with E-state index >= 15 is 0 Å². The maximum absolute atomic E-state index is 12.5. The number of para-hydroxylation sites is 1. The monoisotopic (exact) mass is 346 g/mol. The molecule has 1 atom stereocenters. The number of amides is 3. The minimum absolute atomic E-state index is 0.0221. The Morgan fingerprint density at radius 1 is 1.32 bits per heavy atom. The lowest BCUT2D eigenvalue weighted by atomic mass is 10.1. The molecule has 1 aromatic carbocycles. The lowest BCUT2D eigenvalue weighted by molar-refractivity contribution is -0.131. The Labute approximate surface area is 146 Å². The number of imide groups is 1. The molecule has 2 heterocycles. The van der Waals surface area contributed by atoms with Crippen LogP contribution in [0.25, 0.3) is 0 Å². The smallest absolute Gasteiger partial charge is 0.417 e. The summed E-state index contributed by atoms with van der Waals surface area (Å²) in [5, 5.41) is 0. The first-order valence-corrected chi connectivity index (χ1v) is 8.57. The summed E-state index contributed by atoms with van der Waals surface area (Å²) in [4.78, 5) is 38.7. The highest BCUT2D eigenvalue weighted by molar-refractivity contribution is 5.98. The maximum atomic E-state index is 12.5. The summed E-state index contributed by atoms with van der Waals surface area (Å²) in [7, 11) is 0. The molecule has 0 bridgehead atoms. The Hall–Kier alpha value is -2.57. The number of rotatable bonds is 6. The van der Waals surface area contributed by atoms with Crippen LogP contribution < -0.4 is 4.74 Å². The van der Waals surface area contributed by atoms with Crippen molar-refractivity contribution < 1.29 is 23.9 Å². The van der Waals surface area contributed by atoms with E-state index in [1.807, 2.05) is 31.2 Å². The van der Waals surface area contributed by atoms with Crippen LogP contribution in [0.5, 0.6) is 5.75 Å². The van der Waals surface area contributed by atoms with Gasteiger partial charge in [-0.1, -0.05) is 18.2 Å². The van der Waals surface area contributed by atoms with Crippen molar-refractivity contribution in [1.29, 1.82) is 0 Å². The number of cyclic esters (lactones) is 1. The second-order valence-corrected chi connectivity index (χ2v) is 6.14. The number of ether oxygens (including phenoxy) is 2. The van der Waals surface area contributed by atoms with Gasteiger partial charge >= 0.3 is 6.09 Å². The van der Waals surface area contributed by atoms with Crippen molar-refractivity contribution in [3.8, 4) is 5.75 Å². The molecule has 25 heavy (non-hydrogen) atoms. The lowest BCUT2D eigenvalue weighted by Crippen LogP contribution is -2.42. The Morgan fingerprint density at radius 3 is 2.84 bits per heavy atom. The molecule has 0 aromatic heterocycles. The van der Waals surface area contributed by atoms with E-state index in [9.17, 15) is 14.4 Å². The van der Waals surface area contributed by atoms with Gasteiger partial charge in [-0.2, -0.15) is 0 Å². The zero-order valence-electron chi connectivity index (χ0n) is 14.3. The van der Waals surface area contributed by atoms with Gasteiger partial charge in [-0.15, -0.1) is 0 Å². The number of nitrogens with zero attached hydrogens (tertiary/aromatic N) is 2. The molecule has 0 aliphatic carbocycles. The van der Waals surface area contributed by atoms with Crippen LogP contribution in [0.15, 0.2) is 24.3 Å². The third-order valence-electron chi connectivity index (χ3n) is 4.55. The van der Waals surface area contributed by atoms with Crippen molar-refractivity contribution in [2.45, 2.75) is 32.2 Å². The van der Waals surface area contributed by atoms with E-state index in [-0.39, 0.29) is 24.5 Å². The fraction of sp³-hybridized carbons (Fsp3) is 0.500. The van der Waals surface area contributed by atoms with E-state index in [1.54, 1.807) is 4.90 Å². The molecule has 7 heteroatoms. The van der Waals surface area contributed by atoms with Crippen molar-refractivity contribution in [2.24, 2.45) is 0 Å². The Kier molecular flexibility index (Phi) is 5.21. The topological polar surface area (TPSA) is 76.2 Å². The van der Waals surface area contributed by atoms with Crippen LogP contribution in [-0.2, 0) is 20.7 Å². The van der Waals surface area contributed by atoms with E-state index in [0.717, 1.165) is 16.2 Å². The third-order valence-corrected chi connectivity index (χ3v) is 4.55. The van der Waals surface area contributed by atoms with Gasteiger partial charge in [0.15, 0.2) is 6.61 Å². The fourth-order valence-corrected chi connectivity index (χ4v) is 3.30. The van der Waals surface area contributed by atoms with Crippen molar-refractivity contribution >= 4 is 17.9 Å². The summed E-state index contributed by atoms with van der Waals surface area (Å²) in [6, 6.07) is 7.43. The molecule has 0 N–H and O–H groups in total. The largest absolute Gasteiger partial charge is 0.494 e. The third kappa shape index (κ3) is 3.75. The van der Waals surface area contributed by atoms with Crippen molar-refractivity contribution in [3.05, 3.63) is 29.8 Å². The molecule has 0 radical (unpaired) electrons. The van der Waals surface area contributed by atoms with Crippen LogP contribution in [0.1, 0.15) is 25.3 Å². The van der Waals surface area contributed by atoms with Crippen molar-refractivity contribution in [3.63, 3.8) is 0 Å². The van der Waals surface area contributed by atoms with Crippen LogP contribution in [0.2, 0.25) is 0 Å². The predicted molar refractivity (Wildman–Crippen MR) is 89.1 cm³/mol. The number of hydrogen-bond donors (Lipinski definition) is 0. The zero-order valence-corrected chi connectivity index (χ0v) is 14.3. The van der Waals surface area contributed by atoms with Crippen molar-refractivity contribution in [1.82, 2.24) is 9.80 Å². The molecule has 1 aromatic rings. The molecule has 0 saturated carbocycles. The van der Waals surface area contributed by atoms with E-state index < -0.39 is 6.09 Å². The normalized spacial score (nSPS) is 20.1. The highest BCUT2D eigenvalue weighted by Crippen LogP contribution is 2.23. The van der Waals surface area contributed by atoms with Gasteiger partial charge in [0.2, 0.25) is 5.91 Å². The number of carbonyl (C=O) groups excluding carboxylic acids is 3. The van der Waals surface area contributed by atoms with E-state index in [1.165, 1.54) is 0 Å². The minimum atomic E-state index is -0.602. The quantitative estimate of drug-likeness (QED) is 0.782. The second-order valence-electron chi connectivity index (χ2n) is 6.14. The van der Waals surface area contributed by atoms with Crippen LogP contribution >= 0.6 is 0 Å². The fourth-order valence-electron chi connectivity index (χ4n) is 3.30. The summed E-state index contributed by atoms with van der Waals surface area (Å²) < 4.78 is 10.3. The second kappa shape index (κ2) is 7.55. The summed E-state index contributed by atoms with van der Waals surface area (Å²) in [6.45, 7) is 3.24. The first kappa shape index (κ1) is 17.3. The molecule has 0 spiro atoms. The number of hydrogen-bond acceptors (Lipinski definition) is 5. The van der Waals surface area contributed by atoms with Crippen LogP contribution in [0.3, 0.4) is 0 Å². The molecule has 2 aliphatic heterocycles. The summed E-state index contributed by atoms with van der Waals surface area (Å²) in [6.07, 6.45) is 0.966. The average molecular weight is 346 g/mol. The van der Waals surface area contributed by atoms with Gasteiger partial charge in [0, 0.05) is 19.5 Å². The van der Waals surface area contributed by atoms with E-state index in [0.29, 0.717) is 39.0 Å². The minimum Gasteiger partial charge on any atom is -0.494 e. The van der Waals surface area contributed by atoms with Gasteiger partial charge in [-0.25, -0.2) is 9.69 Å². The molecule has 3 rings (SSSR count). The van der Waals surface area contributed by atoms with Gasteiger partial charge in [0.05, 0.1) is 12.6 Å². The van der Waals surface area contributed by atoms with Gasteiger partial charge in [0.25, 0.3) is 5.91 Å². The zero-order chi connectivity index (χ0) is 17.8. The maximum Gasteiger partial charge on any atom is 0.417 e. The molecule has 0 unspecified atom stereocenters. The summed E-state index contributed by atoms with van der Waals surface area (Å²) >= 11 is 0. The van der Waals surface area contributed by atoms with Gasteiger partial charge in [0.1, 0.15) is 5.75 Å². The van der Waals surface area contributed by atoms with Gasteiger partial charge in [-0.05, 0) is 31.4 Å². The molecule has 2 saturated heterocycles. The number of aryl methyl sites for hydroxylation is 1. The molecular formula is C18H22N2O5.